The van der Waals surface area contributed by atoms with E-state index >= 15 is 0 Å². The highest BCUT2D eigenvalue weighted by molar-refractivity contribution is 6.09. The molecule has 0 atom stereocenters. The Hall–Kier alpha value is -4.41. The number of hydrogen-bond donors (Lipinski definition) is 0. The molecular weight excluding hydrogens is 491 g/mol. The molecule has 36 heavy (non-hydrogen) atoms. The summed E-state index contributed by atoms with van der Waals surface area (Å²) in [5.74, 6) is -14.7. The number of fused-ring (bicyclic) bond motifs is 1. The maximum atomic E-state index is 13.7. The Morgan fingerprint density at radius 2 is 1.50 bits per heavy atom. The van der Waals surface area contributed by atoms with Crippen molar-refractivity contribution in [2.45, 2.75) is 6.92 Å². The fraction of sp³-hybridized carbons (Fsp3) is 0.120. The van der Waals surface area contributed by atoms with Crippen LogP contribution in [0.15, 0.2) is 52.9 Å². The Balaban J connectivity index is 1.61. The number of hydrogen-bond acceptors (Lipinski definition) is 6. The molecule has 0 amide bonds. The standard InChI is InChI=1S/C25H15F5O6/c1-2-33-25(32)17-14-10-13(8-9-15(14)36-23(17)12-6-4-3-5-7-12)35-16(31)11-34-24-21(29)19(27)18(26)20(28)22(24)30/h3-10H,2,11H2,1H3. The van der Waals surface area contributed by atoms with Crippen molar-refractivity contribution in [2.75, 3.05) is 13.2 Å². The second kappa shape index (κ2) is 10.1. The number of benzene rings is 3. The molecule has 0 saturated heterocycles. The average Bonchev–Trinajstić information content (AvgIpc) is 3.26. The molecule has 11 heteroatoms. The van der Waals surface area contributed by atoms with E-state index in [-0.39, 0.29) is 34.6 Å². The second-order valence-corrected chi connectivity index (χ2v) is 7.21. The minimum atomic E-state index is -2.36. The minimum Gasteiger partial charge on any atom is -0.476 e. The van der Waals surface area contributed by atoms with Crippen molar-refractivity contribution >= 4 is 22.9 Å². The summed E-state index contributed by atoms with van der Waals surface area (Å²) < 4.78 is 87.7. The number of furan rings is 1. The molecule has 0 unspecified atom stereocenters. The molecule has 4 rings (SSSR count). The predicted molar refractivity (Wildman–Crippen MR) is 115 cm³/mol. The highest BCUT2D eigenvalue weighted by Crippen LogP contribution is 2.36. The van der Waals surface area contributed by atoms with E-state index in [1.165, 1.54) is 18.2 Å². The molecule has 186 valence electrons. The molecule has 0 fully saturated rings. The maximum absolute atomic E-state index is 13.7. The third-order valence-corrected chi connectivity index (χ3v) is 4.91. The first-order valence-corrected chi connectivity index (χ1v) is 10.4. The molecule has 1 heterocycles. The smallest absolute Gasteiger partial charge is 0.349 e. The van der Waals surface area contributed by atoms with Crippen molar-refractivity contribution < 1.29 is 50.2 Å². The molecule has 0 aliphatic rings. The van der Waals surface area contributed by atoms with E-state index in [2.05, 4.69) is 4.74 Å². The lowest BCUT2D eigenvalue weighted by Gasteiger charge is -2.10. The van der Waals surface area contributed by atoms with Crippen molar-refractivity contribution in [2.24, 2.45) is 0 Å². The van der Waals surface area contributed by atoms with Gasteiger partial charge in [0.2, 0.25) is 29.1 Å². The topological polar surface area (TPSA) is 75.0 Å². The van der Waals surface area contributed by atoms with Gasteiger partial charge in [-0.05, 0) is 25.1 Å². The zero-order valence-electron chi connectivity index (χ0n) is 18.4. The normalized spacial score (nSPS) is 10.9. The van der Waals surface area contributed by atoms with E-state index in [9.17, 15) is 31.5 Å². The van der Waals surface area contributed by atoms with Gasteiger partial charge in [-0.2, -0.15) is 8.78 Å². The van der Waals surface area contributed by atoms with E-state index < -0.39 is 53.4 Å². The van der Waals surface area contributed by atoms with Crippen LogP contribution < -0.4 is 9.47 Å². The average molecular weight is 506 g/mol. The summed E-state index contributed by atoms with van der Waals surface area (Å²) in [7, 11) is 0. The van der Waals surface area contributed by atoms with E-state index in [0.717, 1.165) is 0 Å². The lowest BCUT2D eigenvalue weighted by atomic mass is 10.1. The first-order chi connectivity index (χ1) is 17.2. The summed E-state index contributed by atoms with van der Waals surface area (Å²) in [6.07, 6.45) is 0. The maximum Gasteiger partial charge on any atom is 0.349 e. The van der Waals surface area contributed by atoms with Crippen molar-refractivity contribution in [3.63, 3.8) is 0 Å². The number of carbonyl (C=O) groups is 2. The molecule has 3 aromatic carbocycles. The molecule has 0 N–H and O–H groups in total. The van der Waals surface area contributed by atoms with E-state index in [1.807, 2.05) is 0 Å². The molecule has 0 bridgehead atoms. The largest absolute Gasteiger partial charge is 0.476 e. The minimum absolute atomic E-state index is 0.0774. The van der Waals surface area contributed by atoms with E-state index in [0.29, 0.717) is 5.56 Å². The Kier molecular flexibility index (Phi) is 6.91. The van der Waals surface area contributed by atoms with Crippen molar-refractivity contribution in [3.05, 3.63) is 83.2 Å². The molecule has 1 aromatic heterocycles. The zero-order chi connectivity index (χ0) is 26.0. The SMILES string of the molecule is CCOC(=O)c1c(-c2ccccc2)oc2ccc(OC(=O)COc3c(F)c(F)c(F)c(F)c3F)cc12. The van der Waals surface area contributed by atoms with Crippen LogP contribution in [0.1, 0.15) is 17.3 Å². The number of rotatable bonds is 7. The van der Waals surface area contributed by atoms with Gasteiger partial charge in [0.05, 0.1) is 6.61 Å². The number of ether oxygens (including phenoxy) is 3. The summed E-state index contributed by atoms with van der Waals surface area (Å²) in [5, 5.41) is 0.248. The third kappa shape index (κ3) is 4.59. The Labute approximate surface area is 199 Å². The zero-order valence-corrected chi connectivity index (χ0v) is 18.4. The highest BCUT2D eigenvalue weighted by atomic mass is 19.2. The summed E-state index contributed by atoms with van der Waals surface area (Å²) >= 11 is 0. The van der Waals surface area contributed by atoms with Crippen LogP contribution in [0.5, 0.6) is 11.5 Å². The van der Waals surface area contributed by atoms with Crippen molar-refractivity contribution in [1.82, 2.24) is 0 Å². The fourth-order valence-corrected chi connectivity index (χ4v) is 3.34. The summed E-state index contributed by atoms with van der Waals surface area (Å²) in [6.45, 7) is 0.533. The second-order valence-electron chi connectivity index (χ2n) is 7.21. The monoisotopic (exact) mass is 506 g/mol. The molecule has 0 saturated carbocycles. The van der Waals surface area contributed by atoms with Gasteiger partial charge in [-0.25, -0.2) is 22.8 Å². The van der Waals surface area contributed by atoms with Gasteiger partial charge in [0.25, 0.3) is 0 Å². The van der Waals surface area contributed by atoms with Crippen LogP contribution in [0.2, 0.25) is 0 Å². The quantitative estimate of drug-likeness (QED) is 0.101. The molecule has 0 aliphatic heterocycles. The third-order valence-electron chi connectivity index (χ3n) is 4.91. The van der Waals surface area contributed by atoms with E-state index in [1.54, 1.807) is 37.3 Å². The van der Waals surface area contributed by atoms with Gasteiger partial charge >= 0.3 is 11.9 Å². The van der Waals surface area contributed by atoms with Gasteiger partial charge < -0.3 is 18.6 Å². The van der Waals surface area contributed by atoms with Gasteiger partial charge in [0.1, 0.15) is 22.7 Å². The van der Waals surface area contributed by atoms with Crippen molar-refractivity contribution in [3.8, 4) is 22.8 Å². The fourth-order valence-electron chi connectivity index (χ4n) is 3.34. The van der Waals surface area contributed by atoms with Crippen LogP contribution in [-0.2, 0) is 9.53 Å². The summed E-state index contributed by atoms with van der Waals surface area (Å²) in [4.78, 5) is 24.8. The van der Waals surface area contributed by atoms with Crippen LogP contribution in [0.3, 0.4) is 0 Å². The van der Waals surface area contributed by atoms with Gasteiger partial charge in [-0.1, -0.05) is 30.3 Å². The molecule has 0 radical (unpaired) electrons. The summed E-state index contributed by atoms with van der Waals surface area (Å²) in [5.41, 5.74) is 0.939. The van der Waals surface area contributed by atoms with Gasteiger partial charge in [-0.15, -0.1) is 0 Å². The predicted octanol–water partition coefficient (Wildman–Crippen LogP) is 5.96. The Bertz CT molecular complexity index is 1440. The van der Waals surface area contributed by atoms with Crippen LogP contribution in [0.25, 0.3) is 22.3 Å². The van der Waals surface area contributed by atoms with Crippen LogP contribution in [0, 0.1) is 29.1 Å². The first-order valence-electron chi connectivity index (χ1n) is 10.4. The highest BCUT2D eigenvalue weighted by Gasteiger charge is 2.28. The lowest BCUT2D eigenvalue weighted by molar-refractivity contribution is -0.136. The number of esters is 2. The molecule has 0 aliphatic carbocycles. The van der Waals surface area contributed by atoms with E-state index in [4.69, 9.17) is 13.9 Å². The van der Waals surface area contributed by atoms with Crippen LogP contribution in [-0.4, -0.2) is 25.2 Å². The Morgan fingerprint density at radius 3 is 2.14 bits per heavy atom. The molecule has 6 nitrogen and oxygen atoms in total. The van der Waals surface area contributed by atoms with Gasteiger partial charge in [0, 0.05) is 10.9 Å². The number of carbonyl (C=O) groups excluding carboxylic acids is 2. The Morgan fingerprint density at radius 1 is 0.861 bits per heavy atom. The lowest BCUT2D eigenvalue weighted by Crippen LogP contribution is -2.19. The van der Waals surface area contributed by atoms with Crippen LogP contribution >= 0.6 is 0 Å². The van der Waals surface area contributed by atoms with Crippen molar-refractivity contribution in [1.29, 1.82) is 0 Å². The van der Waals surface area contributed by atoms with Gasteiger partial charge in [-0.3, -0.25) is 0 Å². The molecule has 0 spiro atoms. The summed E-state index contributed by atoms with van der Waals surface area (Å²) in [6, 6.07) is 12.7. The van der Waals surface area contributed by atoms with Crippen LogP contribution in [0.4, 0.5) is 22.0 Å². The molecular formula is C25H15F5O6. The van der Waals surface area contributed by atoms with Gasteiger partial charge in [0.15, 0.2) is 12.4 Å². The molecule has 4 aromatic rings. The first kappa shape index (κ1) is 24.7. The number of halogens is 5.